The van der Waals surface area contributed by atoms with Crippen molar-refractivity contribution in [1.29, 1.82) is 0 Å². The van der Waals surface area contributed by atoms with Crippen LogP contribution in [0.15, 0.2) is 5.38 Å². The number of thiazole rings is 1. The third kappa shape index (κ3) is 6.38. The Balaban J connectivity index is 0.00000200. The Hall–Kier alpha value is 0.0900. The summed E-state index contributed by atoms with van der Waals surface area (Å²) in [5.41, 5.74) is 1.18. The van der Waals surface area contributed by atoms with Gasteiger partial charge in [-0.2, -0.15) is 0 Å². The zero-order valence-electron chi connectivity index (χ0n) is 13.0. The van der Waals surface area contributed by atoms with Crippen molar-refractivity contribution in [1.82, 2.24) is 15.2 Å². The molecule has 1 fully saturated rings. The molecule has 124 valence electrons. The van der Waals surface area contributed by atoms with Crippen LogP contribution in [0.4, 0.5) is 0 Å². The molecule has 1 aromatic rings. The second-order valence-electron chi connectivity index (χ2n) is 5.14. The van der Waals surface area contributed by atoms with Crippen LogP contribution in [0.5, 0.6) is 0 Å². The predicted molar refractivity (Wildman–Crippen MR) is 94.0 cm³/mol. The van der Waals surface area contributed by atoms with Crippen molar-refractivity contribution < 1.29 is 4.74 Å². The van der Waals surface area contributed by atoms with Gasteiger partial charge in [0.1, 0.15) is 11.1 Å². The molecule has 0 aliphatic carbocycles. The lowest BCUT2D eigenvalue weighted by Gasteiger charge is -2.31. The van der Waals surface area contributed by atoms with Gasteiger partial charge in [0.25, 0.3) is 0 Å². The maximum atomic E-state index is 5.59. The van der Waals surface area contributed by atoms with E-state index in [2.05, 4.69) is 29.6 Å². The number of likely N-dealkylation sites (N-methyl/N-ethyl adjacent to an activating group) is 1. The van der Waals surface area contributed by atoms with E-state index in [9.17, 15) is 0 Å². The molecule has 4 nitrogen and oxygen atoms in total. The summed E-state index contributed by atoms with van der Waals surface area (Å²) in [6, 6.07) is 0.634. The number of likely N-dealkylation sites (tertiary alicyclic amines) is 1. The van der Waals surface area contributed by atoms with Crippen LogP contribution in [-0.4, -0.2) is 42.7 Å². The number of hydrogen-bond donors (Lipinski definition) is 1. The zero-order chi connectivity index (χ0) is 13.7. The maximum Gasteiger partial charge on any atom is 0.122 e. The standard InChI is InChI=1S/C14H25N3OS.2ClH/c1-4-18-11(2)14-16-13(10-19-14)9-17-7-5-6-12(8-17)15-3;;/h10-12,15H,4-9H2,1-3H3;2*1H. The third-order valence-electron chi connectivity index (χ3n) is 3.63. The molecule has 0 aromatic carbocycles. The van der Waals surface area contributed by atoms with E-state index >= 15 is 0 Å². The van der Waals surface area contributed by atoms with Crippen molar-refractivity contribution in [3.05, 3.63) is 16.1 Å². The van der Waals surface area contributed by atoms with Crippen LogP contribution in [0, 0.1) is 0 Å². The van der Waals surface area contributed by atoms with Gasteiger partial charge in [-0.3, -0.25) is 4.90 Å². The van der Waals surface area contributed by atoms with Gasteiger partial charge in [-0.05, 0) is 40.3 Å². The van der Waals surface area contributed by atoms with Gasteiger partial charge in [-0.15, -0.1) is 36.2 Å². The molecular formula is C14H27Cl2N3OS. The number of halogens is 2. The molecule has 21 heavy (non-hydrogen) atoms. The minimum atomic E-state index is 0. The molecule has 0 amide bonds. The summed E-state index contributed by atoms with van der Waals surface area (Å²) in [5, 5.41) is 6.65. The number of aromatic nitrogens is 1. The van der Waals surface area contributed by atoms with Gasteiger partial charge in [0, 0.05) is 31.1 Å². The van der Waals surface area contributed by atoms with Gasteiger partial charge in [0.15, 0.2) is 0 Å². The molecule has 2 unspecified atom stereocenters. The highest BCUT2D eigenvalue weighted by Gasteiger charge is 2.19. The summed E-state index contributed by atoms with van der Waals surface area (Å²) in [5.74, 6) is 0. The van der Waals surface area contributed by atoms with Crippen molar-refractivity contribution in [3.63, 3.8) is 0 Å². The van der Waals surface area contributed by atoms with Crippen molar-refractivity contribution in [2.75, 3.05) is 26.7 Å². The van der Waals surface area contributed by atoms with Crippen LogP contribution < -0.4 is 5.32 Å². The number of piperidine rings is 1. The van der Waals surface area contributed by atoms with E-state index in [1.165, 1.54) is 25.1 Å². The molecule has 0 bridgehead atoms. The molecule has 0 spiro atoms. The van der Waals surface area contributed by atoms with Gasteiger partial charge in [0.2, 0.25) is 0 Å². The summed E-state index contributed by atoms with van der Waals surface area (Å²) in [7, 11) is 2.05. The lowest BCUT2D eigenvalue weighted by Crippen LogP contribution is -2.43. The second kappa shape index (κ2) is 10.8. The van der Waals surface area contributed by atoms with E-state index in [0.717, 1.165) is 24.7 Å². The Kier molecular flexibility index (Phi) is 10.8. The highest BCUT2D eigenvalue weighted by molar-refractivity contribution is 7.09. The first-order valence-electron chi connectivity index (χ1n) is 7.18. The predicted octanol–water partition coefficient (Wildman–Crippen LogP) is 3.27. The van der Waals surface area contributed by atoms with Crippen LogP contribution in [0.2, 0.25) is 0 Å². The van der Waals surface area contributed by atoms with E-state index < -0.39 is 0 Å². The van der Waals surface area contributed by atoms with Crippen LogP contribution in [0.25, 0.3) is 0 Å². The minimum Gasteiger partial charge on any atom is -0.372 e. The lowest BCUT2D eigenvalue weighted by atomic mass is 10.1. The third-order valence-corrected chi connectivity index (χ3v) is 4.69. The summed E-state index contributed by atoms with van der Waals surface area (Å²) in [6.45, 7) is 8.12. The monoisotopic (exact) mass is 355 g/mol. The zero-order valence-corrected chi connectivity index (χ0v) is 15.5. The first-order chi connectivity index (χ1) is 9.22. The number of ether oxygens (including phenoxy) is 1. The van der Waals surface area contributed by atoms with E-state index in [0.29, 0.717) is 6.04 Å². The van der Waals surface area contributed by atoms with Crippen molar-refractivity contribution >= 4 is 36.2 Å². The van der Waals surface area contributed by atoms with Gasteiger partial charge in [-0.1, -0.05) is 0 Å². The quantitative estimate of drug-likeness (QED) is 0.849. The molecule has 2 heterocycles. The molecule has 1 aliphatic heterocycles. The number of nitrogens with one attached hydrogen (secondary N) is 1. The van der Waals surface area contributed by atoms with Gasteiger partial charge < -0.3 is 10.1 Å². The SMILES string of the molecule is CCOC(C)c1nc(CN2CCCC(NC)C2)cs1.Cl.Cl. The average molecular weight is 356 g/mol. The molecule has 1 aliphatic rings. The Morgan fingerprint density at radius 1 is 1.52 bits per heavy atom. The average Bonchev–Trinajstić information content (AvgIpc) is 2.88. The Labute approximate surface area is 144 Å². The molecule has 0 radical (unpaired) electrons. The fourth-order valence-electron chi connectivity index (χ4n) is 2.57. The first kappa shape index (κ1) is 21.1. The molecule has 2 atom stereocenters. The van der Waals surface area contributed by atoms with Crippen molar-refractivity contribution in [3.8, 4) is 0 Å². The summed E-state index contributed by atoms with van der Waals surface area (Å²) >= 11 is 1.71. The van der Waals surface area contributed by atoms with Crippen molar-refractivity contribution in [2.24, 2.45) is 0 Å². The maximum absolute atomic E-state index is 5.59. The number of hydrogen-bond acceptors (Lipinski definition) is 5. The number of rotatable bonds is 6. The first-order valence-corrected chi connectivity index (χ1v) is 8.06. The minimum absolute atomic E-state index is 0. The molecule has 1 saturated heterocycles. The fourth-order valence-corrected chi connectivity index (χ4v) is 3.38. The molecule has 1 aromatic heterocycles. The molecular weight excluding hydrogens is 329 g/mol. The topological polar surface area (TPSA) is 37.4 Å². The summed E-state index contributed by atoms with van der Waals surface area (Å²) < 4.78 is 5.59. The Morgan fingerprint density at radius 3 is 2.95 bits per heavy atom. The highest BCUT2D eigenvalue weighted by atomic mass is 35.5. The van der Waals surface area contributed by atoms with Gasteiger partial charge in [-0.25, -0.2) is 4.98 Å². The fraction of sp³-hybridized carbons (Fsp3) is 0.786. The van der Waals surface area contributed by atoms with Crippen LogP contribution in [0.3, 0.4) is 0 Å². The Morgan fingerprint density at radius 2 is 2.29 bits per heavy atom. The Bertz CT molecular complexity index is 392. The van der Waals surface area contributed by atoms with Crippen LogP contribution in [0.1, 0.15) is 43.5 Å². The van der Waals surface area contributed by atoms with E-state index in [-0.39, 0.29) is 30.9 Å². The smallest absolute Gasteiger partial charge is 0.122 e. The summed E-state index contributed by atoms with van der Waals surface area (Å²) in [4.78, 5) is 7.20. The molecule has 0 saturated carbocycles. The normalized spacial score (nSPS) is 20.4. The number of nitrogens with zero attached hydrogens (tertiary/aromatic N) is 2. The largest absolute Gasteiger partial charge is 0.372 e. The lowest BCUT2D eigenvalue weighted by molar-refractivity contribution is 0.0759. The van der Waals surface area contributed by atoms with Crippen LogP contribution in [-0.2, 0) is 11.3 Å². The summed E-state index contributed by atoms with van der Waals surface area (Å²) in [6.07, 6.45) is 2.68. The molecule has 1 N–H and O–H groups in total. The van der Waals surface area contributed by atoms with Crippen molar-refractivity contribution in [2.45, 2.75) is 45.4 Å². The highest BCUT2D eigenvalue weighted by Crippen LogP contribution is 2.22. The van der Waals surface area contributed by atoms with Crippen LogP contribution >= 0.6 is 36.2 Å². The molecule has 7 heteroatoms. The van der Waals surface area contributed by atoms with E-state index in [1.54, 1.807) is 11.3 Å². The van der Waals surface area contributed by atoms with E-state index in [4.69, 9.17) is 9.72 Å². The van der Waals surface area contributed by atoms with E-state index in [1.807, 2.05) is 6.92 Å². The second-order valence-corrected chi connectivity index (χ2v) is 6.03. The van der Waals surface area contributed by atoms with Gasteiger partial charge in [0.05, 0.1) is 5.69 Å². The van der Waals surface area contributed by atoms with Gasteiger partial charge >= 0.3 is 0 Å². The molecule has 2 rings (SSSR count).